The number of carbonyl (C=O) groups excluding carboxylic acids is 2. The number of halogens is 3. The number of nitrogens with zero attached hydrogens (tertiary/aromatic N) is 2. The zero-order chi connectivity index (χ0) is 20.6. The third-order valence-corrected chi connectivity index (χ3v) is 5.68. The van der Waals surface area contributed by atoms with E-state index in [4.69, 9.17) is 0 Å². The van der Waals surface area contributed by atoms with Gasteiger partial charge in [0.15, 0.2) is 0 Å². The molecule has 2 amide bonds. The summed E-state index contributed by atoms with van der Waals surface area (Å²) in [5.74, 6) is -0.368. The molecule has 2 atom stereocenters. The van der Waals surface area contributed by atoms with E-state index >= 15 is 0 Å². The highest BCUT2D eigenvalue weighted by Crippen LogP contribution is 2.48. The van der Waals surface area contributed by atoms with Gasteiger partial charge in [-0.05, 0) is 30.0 Å². The number of amides is 2. The maximum Gasteiger partial charge on any atom is 0.417 e. The number of hydrogen-bond donors (Lipinski definition) is 0. The van der Waals surface area contributed by atoms with Crippen LogP contribution in [0.4, 0.5) is 13.2 Å². The van der Waals surface area contributed by atoms with Crippen LogP contribution in [0, 0.1) is 5.92 Å². The van der Waals surface area contributed by atoms with Gasteiger partial charge in [0.1, 0.15) is 0 Å². The molecule has 1 aliphatic heterocycles. The second-order valence-electron chi connectivity index (χ2n) is 7.52. The van der Waals surface area contributed by atoms with Crippen LogP contribution in [0.15, 0.2) is 54.6 Å². The molecule has 1 saturated carbocycles. The van der Waals surface area contributed by atoms with Crippen molar-refractivity contribution >= 4 is 11.8 Å². The van der Waals surface area contributed by atoms with E-state index in [1.165, 1.54) is 23.1 Å². The molecular weight excluding hydrogens is 381 g/mol. The lowest BCUT2D eigenvalue weighted by molar-refractivity contribution is -0.138. The third kappa shape index (κ3) is 3.99. The Morgan fingerprint density at radius 1 is 0.828 bits per heavy atom. The largest absolute Gasteiger partial charge is 0.417 e. The summed E-state index contributed by atoms with van der Waals surface area (Å²) >= 11 is 0. The summed E-state index contributed by atoms with van der Waals surface area (Å²) in [4.78, 5) is 28.5. The molecule has 0 radical (unpaired) electrons. The minimum Gasteiger partial charge on any atom is -0.339 e. The van der Waals surface area contributed by atoms with E-state index in [1.54, 1.807) is 4.90 Å². The van der Waals surface area contributed by atoms with Crippen molar-refractivity contribution in [2.24, 2.45) is 5.92 Å². The molecule has 2 fully saturated rings. The van der Waals surface area contributed by atoms with Gasteiger partial charge >= 0.3 is 6.18 Å². The lowest BCUT2D eigenvalue weighted by Crippen LogP contribution is -2.51. The Bertz CT molecular complexity index is 906. The topological polar surface area (TPSA) is 40.6 Å². The molecule has 0 bridgehead atoms. The van der Waals surface area contributed by atoms with Gasteiger partial charge in [-0.2, -0.15) is 13.2 Å². The average molecular weight is 402 g/mol. The predicted molar refractivity (Wildman–Crippen MR) is 101 cm³/mol. The molecule has 0 N–H and O–H groups in total. The normalized spacial score (nSPS) is 21.8. The van der Waals surface area contributed by atoms with Gasteiger partial charge in [0, 0.05) is 32.1 Å². The minimum atomic E-state index is -4.58. The Morgan fingerprint density at radius 3 is 2.07 bits per heavy atom. The van der Waals surface area contributed by atoms with Crippen LogP contribution in [-0.2, 0) is 11.0 Å². The number of rotatable bonds is 3. The zero-order valence-electron chi connectivity index (χ0n) is 15.7. The molecule has 2 aromatic rings. The van der Waals surface area contributed by atoms with Crippen molar-refractivity contribution in [2.45, 2.75) is 18.5 Å². The summed E-state index contributed by atoms with van der Waals surface area (Å²) < 4.78 is 39.6. The molecule has 2 aromatic carbocycles. The van der Waals surface area contributed by atoms with Gasteiger partial charge in [-0.1, -0.05) is 42.5 Å². The first-order valence-electron chi connectivity index (χ1n) is 9.65. The van der Waals surface area contributed by atoms with E-state index in [0.717, 1.165) is 18.1 Å². The van der Waals surface area contributed by atoms with Crippen LogP contribution < -0.4 is 0 Å². The van der Waals surface area contributed by atoms with Crippen molar-refractivity contribution in [2.75, 3.05) is 26.2 Å². The second kappa shape index (κ2) is 7.54. The van der Waals surface area contributed by atoms with Gasteiger partial charge in [-0.3, -0.25) is 9.59 Å². The van der Waals surface area contributed by atoms with Crippen LogP contribution in [0.5, 0.6) is 0 Å². The second-order valence-corrected chi connectivity index (χ2v) is 7.52. The first-order valence-corrected chi connectivity index (χ1v) is 9.65. The molecule has 1 aliphatic carbocycles. The Kier molecular flexibility index (Phi) is 5.06. The van der Waals surface area contributed by atoms with Gasteiger partial charge in [0.2, 0.25) is 5.91 Å². The van der Waals surface area contributed by atoms with Crippen molar-refractivity contribution in [3.8, 4) is 0 Å². The van der Waals surface area contributed by atoms with Crippen LogP contribution >= 0.6 is 0 Å². The number of hydrogen-bond acceptors (Lipinski definition) is 2. The highest BCUT2D eigenvalue weighted by atomic mass is 19.4. The highest BCUT2D eigenvalue weighted by Gasteiger charge is 2.46. The molecule has 4 nitrogen and oxygen atoms in total. The standard InChI is InChI=1S/C22H21F3N2O2/c23-22(24,25)19-9-5-4-8-16(19)20(28)26-10-12-27(13-11-26)21(29)18-14-17(18)15-6-2-1-3-7-15/h1-9,17-18H,10-14H2. The van der Waals surface area contributed by atoms with E-state index in [-0.39, 0.29) is 36.4 Å². The van der Waals surface area contributed by atoms with Gasteiger partial charge < -0.3 is 9.80 Å². The zero-order valence-corrected chi connectivity index (χ0v) is 15.7. The first-order chi connectivity index (χ1) is 13.9. The van der Waals surface area contributed by atoms with Gasteiger partial charge in [-0.15, -0.1) is 0 Å². The fourth-order valence-electron chi connectivity index (χ4n) is 3.99. The Morgan fingerprint density at radius 2 is 1.41 bits per heavy atom. The van der Waals surface area contributed by atoms with E-state index < -0.39 is 17.6 Å². The van der Waals surface area contributed by atoms with Gasteiger partial charge in [-0.25, -0.2) is 0 Å². The predicted octanol–water partition coefficient (Wildman–Crippen LogP) is 3.79. The van der Waals surface area contributed by atoms with E-state index in [0.29, 0.717) is 13.1 Å². The van der Waals surface area contributed by atoms with Crippen molar-refractivity contribution in [1.29, 1.82) is 0 Å². The molecule has 29 heavy (non-hydrogen) atoms. The molecule has 0 spiro atoms. The molecule has 7 heteroatoms. The quantitative estimate of drug-likeness (QED) is 0.784. The Balaban J connectivity index is 1.37. The fourth-order valence-corrected chi connectivity index (χ4v) is 3.99. The summed E-state index contributed by atoms with van der Waals surface area (Å²) in [5.41, 5.74) is -0.110. The molecule has 1 heterocycles. The number of carbonyl (C=O) groups is 2. The van der Waals surface area contributed by atoms with Crippen LogP contribution in [0.3, 0.4) is 0 Å². The molecule has 0 aromatic heterocycles. The fraction of sp³-hybridized carbons (Fsp3) is 0.364. The summed E-state index contributed by atoms with van der Waals surface area (Å²) in [7, 11) is 0. The molecule has 1 saturated heterocycles. The Hall–Kier alpha value is -2.83. The molecule has 152 valence electrons. The first kappa shape index (κ1) is 19.5. The molecule has 2 aliphatic rings. The van der Waals surface area contributed by atoms with E-state index in [2.05, 4.69) is 0 Å². The van der Waals surface area contributed by atoms with Gasteiger partial charge in [0.25, 0.3) is 5.91 Å². The number of piperazine rings is 1. The van der Waals surface area contributed by atoms with Crippen LogP contribution in [0.1, 0.15) is 33.8 Å². The number of benzene rings is 2. The van der Waals surface area contributed by atoms with Crippen molar-refractivity contribution in [1.82, 2.24) is 9.80 Å². The monoisotopic (exact) mass is 402 g/mol. The van der Waals surface area contributed by atoms with Crippen molar-refractivity contribution < 1.29 is 22.8 Å². The van der Waals surface area contributed by atoms with Crippen molar-refractivity contribution in [3.05, 3.63) is 71.3 Å². The maximum atomic E-state index is 13.2. The lowest BCUT2D eigenvalue weighted by Gasteiger charge is -2.35. The number of alkyl halides is 3. The van der Waals surface area contributed by atoms with Gasteiger partial charge in [0.05, 0.1) is 11.1 Å². The van der Waals surface area contributed by atoms with Crippen LogP contribution in [0.25, 0.3) is 0 Å². The summed E-state index contributed by atoms with van der Waals surface area (Å²) in [5, 5.41) is 0. The molecular formula is C22H21F3N2O2. The van der Waals surface area contributed by atoms with E-state index in [1.807, 2.05) is 30.3 Å². The third-order valence-electron chi connectivity index (χ3n) is 5.68. The maximum absolute atomic E-state index is 13.2. The van der Waals surface area contributed by atoms with Crippen molar-refractivity contribution in [3.63, 3.8) is 0 Å². The average Bonchev–Trinajstić information content (AvgIpc) is 3.54. The van der Waals surface area contributed by atoms with E-state index in [9.17, 15) is 22.8 Å². The molecule has 4 rings (SSSR count). The summed E-state index contributed by atoms with van der Waals surface area (Å²) in [6, 6.07) is 14.7. The smallest absolute Gasteiger partial charge is 0.339 e. The SMILES string of the molecule is O=C(c1ccccc1C(F)(F)F)N1CCN(C(=O)C2CC2c2ccccc2)CC1. The highest BCUT2D eigenvalue weighted by molar-refractivity contribution is 5.96. The Labute approximate surface area is 166 Å². The lowest BCUT2D eigenvalue weighted by atomic mass is 10.1. The summed E-state index contributed by atoms with van der Waals surface area (Å²) in [6.07, 6.45) is -3.76. The molecule has 2 unspecified atom stereocenters. The minimum absolute atomic E-state index is 0.0365. The summed E-state index contributed by atoms with van der Waals surface area (Å²) in [6.45, 7) is 1.16. The van der Waals surface area contributed by atoms with Crippen LogP contribution in [-0.4, -0.2) is 47.8 Å². The van der Waals surface area contributed by atoms with Crippen LogP contribution in [0.2, 0.25) is 0 Å².